The Balaban J connectivity index is 1.82. The van der Waals surface area contributed by atoms with Gasteiger partial charge in [0.15, 0.2) is 5.82 Å². The lowest BCUT2D eigenvalue weighted by atomic mass is 10.1. The largest absolute Gasteiger partial charge is 0.362 e. The van der Waals surface area contributed by atoms with Crippen molar-refractivity contribution in [3.05, 3.63) is 41.7 Å². The van der Waals surface area contributed by atoms with Gasteiger partial charge in [-0.2, -0.15) is 0 Å². The number of nitrogens with one attached hydrogen (secondary N) is 1. The third kappa shape index (κ3) is 2.65. The molecule has 1 aliphatic rings. The van der Waals surface area contributed by atoms with Crippen LogP contribution < -0.4 is 10.2 Å². The molecule has 0 bridgehead atoms. The van der Waals surface area contributed by atoms with Gasteiger partial charge >= 0.3 is 0 Å². The van der Waals surface area contributed by atoms with E-state index in [-0.39, 0.29) is 5.82 Å². The van der Waals surface area contributed by atoms with Crippen LogP contribution in [0.5, 0.6) is 0 Å². The van der Waals surface area contributed by atoms with Crippen molar-refractivity contribution in [3.63, 3.8) is 0 Å². The molecule has 0 saturated carbocycles. The fourth-order valence-corrected chi connectivity index (χ4v) is 2.47. The highest BCUT2D eigenvalue weighted by Gasteiger charge is 2.18. The average Bonchev–Trinajstić information content (AvgIpc) is 2.92. The maximum absolute atomic E-state index is 13.8. The van der Waals surface area contributed by atoms with Gasteiger partial charge in [-0.1, -0.05) is 6.92 Å². The summed E-state index contributed by atoms with van der Waals surface area (Å²) in [6.45, 7) is 5.95. The molecule has 0 spiro atoms. The summed E-state index contributed by atoms with van der Waals surface area (Å²) >= 11 is 0. The fourth-order valence-electron chi connectivity index (χ4n) is 2.47. The summed E-state index contributed by atoms with van der Waals surface area (Å²) in [7, 11) is 0. The first-order valence-electron chi connectivity index (χ1n) is 6.88. The van der Waals surface area contributed by atoms with E-state index in [0.29, 0.717) is 13.1 Å². The molecule has 0 radical (unpaired) electrons. The third-order valence-electron chi connectivity index (χ3n) is 3.53. The first-order chi connectivity index (χ1) is 9.76. The van der Waals surface area contributed by atoms with Crippen LogP contribution in [0.4, 0.5) is 10.1 Å². The van der Waals surface area contributed by atoms with E-state index in [4.69, 9.17) is 0 Å². The predicted octanol–water partition coefficient (Wildman–Crippen LogP) is 1.55. The second-order valence-corrected chi connectivity index (χ2v) is 4.96. The number of anilines is 1. The molecule has 20 heavy (non-hydrogen) atoms. The van der Waals surface area contributed by atoms with Crippen LogP contribution in [-0.4, -0.2) is 27.9 Å². The number of hydrogen-bond donors (Lipinski definition) is 1. The second-order valence-electron chi connectivity index (χ2n) is 4.96. The van der Waals surface area contributed by atoms with Gasteiger partial charge < -0.3 is 14.8 Å². The van der Waals surface area contributed by atoms with E-state index in [0.717, 1.165) is 36.7 Å². The maximum Gasteiger partial charge on any atom is 0.152 e. The summed E-state index contributed by atoms with van der Waals surface area (Å²) in [5.74, 6) is 0.733. The minimum Gasteiger partial charge on any atom is -0.362 e. The van der Waals surface area contributed by atoms with E-state index in [1.54, 1.807) is 18.5 Å². The number of rotatable bonds is 4. The Morgan fingerprint density at radius 2 is 2.20 bits per heavy atom. The molecule has 1 aliphatic heterocycles. The molecule has 3 rings (SSSR count). The van der Waals surface area contributed by atoms with E-state index >= 15 is 0 Å². The van der Waals surface area contributed by atoms with Crippen molar-refractivity contribution in [2.75, 3.05) is 18.0 Å². The zero-order chi connectivity index (χ0) is 13.9. The van der Waals surface area contributed by atoms with Gasteiger partial charge in [0.2, 0.25) is 0 Å². The molecule has 106 valence electrons. The Hall–Kier alpha value is -1.95. The molecule has 2 heterocycles. The van der Waals surface area contributed by atoms with E-state index in [2.05, 4.69) is 20.4 Å². The Labute approximate surface area is 117 Å². The van der Waals surface area contributed by atoms with Gasteiger partial charge in [-0.15, -0.1) is 10.2 Å². The molecule has 0 atom stereocenters. The number of nitrogens with zero attached hydrogens (tertiary/aromatic N) is 4. The summed E-state index contributed by atoms with van der Waals surface area (Å²) in [5, 5.41) is 11.2. The van der Waals surface area contributed by atoms with Crippen molar-refractivity contribution in [1.82, 2.24) is 20.1 Å². The molecule has 5 nitrogen and oxygen atoms in total. The van der Waals surface area contributed by atoms with Crippen LogP contribution in [0.25, 0.3) is 0 Å². The minimum atomic E-state index is -0.192. The molecule has 0 aliphatic carbocycles. The first kappa shape index (κ1) is 13.1. The molecule has 0 amide bonds. The normalized spacial score (nSPS) is 14.4. The maximum atomic E-state index is 13.8. The molecule has 0 saturated heterocycles. The fraction of sp³-hybridized carbons (Fsp3) is 0.429. The van der Waals surface area contributed by atoms with Gasteiger partial charge in [-0.05, 0) is 30.3 Å². The number of benzene rings is 1. The quantitative estimate of drug-likeness (QED) is 0.919. The Morgan fingerprint density at radius 3 is 3.05 bits per heavy atom. The summed E-state index contributed by atoms with van der Waals surface area (Å²) in [5.41, 5.74) is 1.88. The van der Waals surface area contributed by atoms with Crippen molar-refractivity contribution >= 4 is 5.69 Å². The van der Waals surface area contributed by atoms with Gasteiger partial charge in [0.25, 0.3) is 0 Å². The molecule has 0 fully saturated rings. The molecule has 0 unspecified atom stereocenters. The monoisotopic (exact) mass is 275 g/mol. The Morgan fingerprint density at radius 1 is 1.30 bits per heavy atom. The van der Waals surface area contributed by atoms with Gasteiger partial charge in [0, 0.05) is 25.3 Å². The first-order valence-corrected chi connectivity index (χ1v) is 6.88. The lowest BCUT2D eigenvalue weighted by molar-refractivity contribution is 0.557. The van der Waals surface area contributed by atoms with E-state index < -0.39 is 0 Å². The van der Waals surface area contributed by atoms with Crippen LogP contribution in [0.2, 0.25) is 0 Å². The van der Waals surface area contributed by atoms with Crippen molar-refractivity contribution in [2.45, 2.75) is 26.6 Å². The second kappa shape index (κ2) is 5.58. The number of aromatic nitrogens is 3. The van der Waals surface area contributed by atoms with Crippen molar-refractivity contribution < 1.29 is 4.39 Å². The zero-order valence-electron chi connectivity index (χ0n) is 11.5. The van der Waals surface area contributed by atoms with Gasteiger partial charge in [-0.3, -0.25) is 0 Å². The molecule has 1 aromatic heterocycles. The van der Waals surface area contributed by atoms with Gasteiger partial charge in [-0.25, -0.2) is 4.39 Å². The molecule has 6 heteroatoms. The number of fused-ring (bicyclic) bond motifs is 1. The van der Waals surface area contributed by atoms with Crippen molar-refractivity contribution in [1.29, 1.82) is 0 Å². The van der Waals surface area contributed by atoms with Crippen LogP contribution in [0.1, 0.15) is 18.3 Å². The molecule has 1 aromatic carbocycles. The van der Waals surface area contributed by atoms with Crippen LogP contribution in [0.3, 0.4) is 0 Å². The topological polar surface area (TPSA) is 46.0 Å². The lowest BCUT2D eigenvalue weighted by Gasteiger charge is -2.29. The summed E-state index contributed by atoms with van der Waals surface area (Å²) in [4.78, 5) is 2.14. The average molecular weight is 275 g/mol. The number of hydrogen-bond acceptors (Lipinski definition) is 4. The molecular formula is C14H18FN5. The molecule has 2 aromatic rings. The summed E-state index contributed by atoms with van der Waals surface area (Å²) < 4.78 is 15.8. The third-order valence-corrected chi connectivity index (χ3v) is 3.53. The molecular weight excluding hydrogens is 257 g/mol. The van der Waals surface area contributed by atoms with Gasteiger partial charge in [0.05, 0.1) is 6.54 Å². The highest BCUT2D eigenvalue weighted by atomic mass is 19.1. The standard InChI is InChI=1S/C14H18FN5/c1-2-16-8-11-5-12(15)7-13(6-11)19-3-4-20-10-17-18-14(20)9-19/h5-7,10,16H,2-4,8-9H2,1H3. The highest BCUT2D eigenvalue weighted by Crippen LogP contribution is 2.22. The minimum absolute atomic E-state index is 0.192. The van der Waals surface area contributed by atoms with E-state index in [9.17, 15) is 4.39 Å². The predicted molar refractivity (Wildman–Crippen MR) is 74.9 cm³/mol. The van der Waals surface area contributed by atoms with Crippen LogP contribution >= 0.6 is 0 Å². The van der Waals surface area contributed by atoms with Crippen molar-refractivity contribution in [3.8, 4) is 0 Å². The van der Waals surface area contributed by atoms with Gasteiger partial charge in [0.1, 0.15) is 12.1 Å². The Bertz CT molecular complexity index is 595. The van der Waals surface area contributed by atoms with Crippen LogP contribution in [0.15, 0.2) is 24.5 Å². The molecule has 1 N–H and O–H groups in total. The highest BCUT2D eigenvalue weighted by molar-refractivity contribution is 5.49. The Kier molecular flexibility index (Phi) is 3.64. The summed E-state index contributed by atoms with van der Waals surface area (Å²) in [6.07, 6.45) is 1.74. The van der Waals surface area contributed by atoms with E-state index in [1.165, 1.54) is 0 Å². The van der Waals surface area contributed by atoms with E-state index in [1.807, 2.05) is 17.6 Å². The zero-order valence-corrected chi connectivity index (χ0v) is 11.5. The van der Waals surface area contributed by atoms with Crippen LogP contribution in [-0.2, 0) is 19.6 Å². The SMILES string of the molecule is CCNCc1cc(F)cc(N2CCn3cnnc3C2)c1. The lowest BCUT2D eigenvalue weighted by Crippen LogP contribution is -2.33. The summed E-state index contributed by atoms with van der Waals surface area (Å²) in [6, 6.07) is 5.21. The van der Waals surface area contributed by atoms with Crippen LogP contribution in [0, 0.1) is 5.82 Å². The smallest absolute Gasteiger partial charge is 0.152 e. The number of halogens is 1. The van der Waals surface area contributed by atoms with Crippen molar-refractivity contribution in [2.24, 2.45) is 0 Å².